The van der Waals surface area contributed by atoms with Crippen LogP contribution in [0.5, 0.6) is 11.5 Å². The van der Waals surface area contributed by atoms with Gasteiger partial charge in [-0.05, 0) is 48.8 Å². The molecule has 1 aliphatic heterocycles. The number of aromatic nitrogens is 1. The lowest BCUT2D eigenvalue weighted by Crippen LogP contribution is -2.42. The van der Waals surface area contributed by atoms with E-state index >= 15 is 0 Å². The first-order valence-electron chi connectivity index (χ1n) is 9.54. The fraction of sp³-hybridized carbons (Fsp3) is 0.500. The van der Waals surface area contributed by atoms with Gasteiger partial charge in [0.15, 0.2) is 5.11 Å². The van der Waals surface area contributed by atoms with Gasteiger partial charge in [-0.2, -0.15) is 0 Å². The quantitative estimate of drug-likeness (QED) is 0.691. The average Bonchev–Trinajstić information content (AvgIpc) is 3.11. The minimum Gasteiger partial charge on any atom is -0.497 e. The van der Waals surface area contributed by atoms with Crippen molar-refractivity contribution in [2.24, 2.45) is 0 Å². The molecule has 0 bridgehead atoms. The largest absolute Gasteiger partial charge is 0.497 e. The summed E-state index contributed by atoms with van der Waals surface area (Å²) in [6.07, 6.45) is 3.81. The second kappa shape index (κ2) is 10.6. The Hall–Kier alpha value is -1.90. The number of hydrogen-bond acceptors (Lipinski definition) is 6. The molecule has 6 nitrogen and oxygen atoms in total. The van der Waals surface area contributed by atoms with Crippen LogP contribution in [0.4, 0.5) is 0 Å². The van der Waals surface area contributed by atoms with Crippen molar-refractivity contribution in [1.29, 1.82) is 0 Å². The minimum absolute atomic E-state index is 0.766. The van der Waals surface area contributed by atoms with Gasteiger partial charge in [-0.3, -0.25) is 4.90 Å². The monoisotopic (exact) mass is 420 g/mol. The Morgan fingerprint density at radius 3 is 2.86 bits per heavy atom. The van der Waals surface area contributed by atoms with Gasteiger partial charge >= 0.3 is 0 Å². The zero-order chi connectivity index (χ0) is 19.8. The highest BCUT2D eigenvalue weighted by atomic mass is 32.1. The molecule has 1 saturated heterocycles. The van der Waals surface area contributed by atoms with E-state index in [9.17, 15) is 0 Å². The summed E-state index contributed by atoms with van der Waals surface area (Å²) < 4.78 is 10.8. The number of thiazole rings is 1. The third kappa shape index (κ3) is 5.80. The number of methoxy groups -OCH3 is 2. The van der Waals surface area contributed by atoms with E-state index in [1.54, 1.807) is 25.6 Å². The standard InChI is InChI=1S/C20H28N4O2S2/c1-25-17-4-5-18(26-2)16(14-17)6-7-22-20(27)24-10-3-9-23(11-12-24)15-19-21-8-13-28-19/h4-5,8,13-14H,3,6-7,9-12,15H2,1-2H3,(H,22,27). The number of ether oxygens (including phenoxy) is 2. The molecule has 1 aromatic carbocycles. The van der Waals surface area contributed by atoms with Gasteiger partial charge in [-0.15, -0.1) is 11.3 Å². The molecule has 2 aromatic rings. The van der Waals surface area contributed by atoms with Crippen molar-refractivity contribution < 1.29 is 9.47 Å². The number of nitrogens with one attached hydrogen (secondary N) is 1. The smallest absolute Gasteiger partial charge is 0.168 e. The van der Waals surface area contributed by atoms with Crippen molar-refractivity contribution in [2.75, 3.05) is 46.9 Å². The van der Waals surface area contributed by atoms with Crippen LogP contribution in [0, 0.1) is 0 Å². The predicted octanol–water partition coefficient (Wildman–Crippen LogP) is 2.79. The van der Waals surface area contributed by atoms with Crippen molar-refractivity contribution in [1.82, 2.24) is 20.1 Å². The highest BCUT2D eigenvalue weighted by Gasteiger charge is 2.17. The summed E-state index contributed by atoms with van der Waals surface area (Å²) in [5.74, 6) is 1.72. The fourth-order valence-electron chi connectivity index (χ4n) is 3.35. The molecule has 0 amide bonds. The van der Waals surface area contributed by atoms with Gasteiger partial charge in [-0.25, -0.2) is 4.98 Å². The SMILES string of the molecule is COc1ccc(OC)c(CCNC(=S)N2CCCN(Cc3nccs3)CC2)c1. The molecule has 0 saturated carbocycles. The molecule has 1 N–H and O–H groups in total. The van der Waals surface area contributed by atoms with E-state index in [0.717, 1.165) is 74.3 Å². The molecule has 2 heterocycles. The Balaban J connectivity index is 1.46. The van der Waals surface area contributed by atoms with Crippen LogP contribution in [0.1, 0.15) is 17.0 Å². The van der Waals surface area contributed by atoms with Crippen LogP contribution in [0.25, 0.3) is 0 Å². The van der Waals surface area contributed by atoms with Gasteiger partial charge in [0.25, 0.3) is 0 Å². The molecule has 0 spiro atoms. The molecule has 0 radical (unpaired) electrons. The summed E-state index contributed by atoms with van der Waals surface area (Å²) in [6, 6.07) is 5.87. The van der Waals surface area contributed by atoms with Crippen molar-refractivity contribution in [3.05, 3.63) is 40.3 Å². The third-order valence-corrected chi connectivity index (χ3v) is 6.04. The summed E-state index contributed by atoms with van der Waals surface area (Å²) >= 11 is 7.37. The first-order valence-corrected chi connectivity index (χ1v) is 10.8. The Bertz CT molecular complexity index is 755. The number of thiocarbonyl (C=S) groups is 1. The fourth-order valence-corrected chi connectivity index (χ4v) is 4.29. The number of hydrogen-bond donors (Lipinski definition) is 1. The van der Waals surface area contributed by atoms with Gasteiger partial charge < -0.3 is 19.7 Å². The van der Waals surface area contributed by atoms with Crippen molar-refractivity contribution in [2.45, 2.75) is 19.4 Å². The Kier molecular flexibility index (Phi) is 7.88. The van der Waals surface area contributed by atoms with Crippen LogP contribution < -0.4 is 14.8 Å². The lowest BCUT2D eigenvalue weighted by molar-refractivity contribution is 0.277. The summed E-state index contributed by atoms with van der Waals surface area (Å²) in [5.41, 5.74) is 1.11. The maximum atomic E-state index is 5.64. The maximum Gasteiger partial charge on any atom is 0.168 e. The normalized spacial score (nSPS) is 15.1. The van der Waals surface area contributed by atoms with E-state index in [-0.39, 0.29) is 0 Å². The predicted molar refractivity (Wildman–Crippen MR) is 117 cm³/mol. The van der Waals surface area contributed by atoms with E-state index in [1.165, 1.54) is 5.01 Å². The van der Waals surface area contributed by atoms with Crippen molar-refractivity contribution >= 4 is 28.7 Å². The lowest BCUT2D eigenvalue weighted by atomic mass is 10.1. The van der Waals surface area contributed by atoms with Crippen LogP contribution in [0.3, 0.4) is 0 Å². The molecule has 8 heteroatoms. The lowest BCUT2D eigenvalue weighted by Gasteiger charge is -2.24. The van der Waals surface area contributed by atoms with Gasteiger partial charge in [-0.1, -0.05) is 0 Å². The topological polar surface area (TPSA) is 49.9 Å². The third-order valence-electron chi connectivity index (χ3n) is 4.88. The van der Waals surface area contributed by atoms with E-state index in [4.69, 9.17) is 21.7 Å². The Morgan fingerprint density at radius 1 is 1.21 bits per heavy atom. The Labute approximate surface area is 176 Å². The molecule has 28 heavy (non-hydrogen) atoms. The zero-order valence-electron chi connectivity index (χ0n) is 16.5. The molecular weight excluding hydrogens is 392 g/mol. The maximum absolute atomic E-state index is 5.64. The highest BCUT2D eigenvalue weighted by Crippen LogP contribution is 2.24. The number of nitrogens with zero attached hydrogens (tertiary/aromatic N) is 3. The van der Waals surface area contributed by atoms with Crippen LogP contribution in [0.2, 0.25) is 0 Å². The number of rotatable bonds is 7. The summed E-state index contributed by atoms with van der Waals surface area (Å²) in [5, 5.41) is 7.46. The molecule has 0 atom stereocenters. The molecule has 152 valence electrons. The first kappa shape index (κ1) is 20.8. The van der Waals surface area contributed by atoms with Gasteiger partial charge in [0.1, 0.15) is 16.5 Å². The van der Waals surface area contributed by atoms with E-state index in [1.807, 2.05) is 29.8 Å². The molecule has 0 unspecified atom stereocenters. The van der Waals surface area contributed by atoms with Gasteiger partial charge in [0, 0.05) is 44.3 Å². The van der Waals surface area contributed by atoms with Crippen LogP contribution in [-0.4, -0.2) is 66.8 Å². The molecule has 1 aromatic heterocycles. The van der Waals surface area contributed by atoms with E-state index in [2.05, 4.69) is 20.1 Å². The molecule has 0 aliphatic carbocycles. The molecule has 1 aliphatic rings. The van der Waals surface area contributed by atoms with Crippen LogP contribution >= 0.6 is 23.6 Å². The number of benzene rings is 1. The highest BCUT2D eigenvalue weighted by molar-refractivity contribution is 7.80. The van der Waals surface area contributed by atoms with Crippen molar-refractivity contribution in [3.63, 3.8) is 0 Å². The summed E-state index contributed by atoms with van der Waals surface area (Å²) in [6.45, 7) is 5.72. The molecular formula is C20H28N4O2S2. The van der Waals surface area contributed by atoms with Gasteiger partial charge in [0.05, 0.1) is 20.8 Å². The van der Waals surface area contributed by atoms with E-state index in [0.29, 0.717) is 0 Å². The Morgan fingerprint density at radius 2 is 2.11 bits per heavy atom. The summed E-state index contributed by atoms with van der Waals surface area (Å²) in [7, 11) is 3.37. The second-order valence-corrected chi connectivity index (χ2v) is 8.07. The zero-order valence-corrected chi connectivity index (χ0v) is 18.2. The van der Waals surface area contributed by atoms with Crippen LogP contribution in [-0.2, 0) is 13.0 Å². The van der Waals surface area contributed by atoms with Gasteiger partial charge in [0.2, 0.25) is 0 Å². The van der Waals surface area contributed by atoms with E-state index < -0.39 is 0 Å². The second-order valence-electron chi connectivity index (χ2n) is 6.70. The average molecular weight is 421 g/mol. The minimum atomic E-state index is 0.766. The first-order chi connectivity index (χ1) is 13.7. The summed E-state index contributed by atoms with van der Waals surface area (Å²) in [4.78, 5) is 9.14. The van der Waals surface area contributed by atoms with Crippen molar-refractivity contribution in [3.8, 4) is 11.5 Å². The molecule has 1 fully saturated rings. The molecule has 3 rings (SSSR count). The van der Waals surface area contributed by atoms with Crippen LogP contribution in [0.15, 0.2) is 29.8 Å².